The van der Waals surface area contributed by atoms with Gasteiger partial charge in [0, 0.05) is 18.8 Å². The van der Waals surface area contributed by atoms with Gasteiger partial charge in [-0.05, 0) is 29.9 Å². The van der Waals surface area contributed by atoms with Crippen LogP contribution in [-0.2, 0) is 11.2 Å². The van der Waals surface area contributed by atoms with Gasteiger partial charge in [0.2, 0.25) is 5.91 Å². The van der Waals surface area contributed by atoms with Crippen molar-refractivity contribution < 1.29 is 4.79 Å². The molecule has 0 bridgehead atoms. The summed E-state index contributed by atoms with van der Waals surface area (Å²) in [5.41, 5.74) is 7.78. The molecular weight excluding hydrogens is 152 g/mol. The van der Waals surface area contributed by atoms with Crippen molar-refractivity contribution in [3.63, 3.8) is 0 Å². The van der Waals surface area contributed by atoms with Gasteiger partial charge in [-0.15, -0.1) is 0 Å². The first kappa shape index (κ1) is 7.40. The van der Waals surface area contributed by atoms with Crippen molar-refractivity contribution in [1.82, 2.24) is 4.98 Å². The first-order chi connectivity index (χ1) is 5.77. The summed E-state index contributed by atoms with van der Waals surface area (Å²) in [7, 11) is 0. The number of hydrogen-bond acceptors (Lipinski definition) is 1. The second kappa shape index (κ2) is 2.66. The average Bonchev–Trinajstić information content (AvgIpc) is 2.52. The van der Waals surface area contributed by atoms with Crippen molar-refractivity contribution in [2.24, 2.45) is 5.73 Å². The van der Waals surface area contributed by atoms with E-state index >= 15 is 0 Å². The number of rotatable bonds is 2. The Hall–Kier alpha value is -1.25. The van der Waals surface area contributed by atoms with E-state index in [4.69, 9.17) is 5.73 Å². The van der Waals surface area contributed by atoms with Crippen molar-refractivity contribution in [3.8, 4) is 0 Å². The molecule has 1 aliphatic rings. The number of primary amides is 1. The van der Waals surface area contributed by atoms with Gasteiger partial charge in [0.1, 0.15) is 0 Å². The minimum absolute atomic E-state index is 0.200. The highest BCUT2D eigenvalue weighted by Gasteiger charge is 2.24. The number of carbonyl (C=O) groups is 1. The number of aromatic nitrogens is 1. The van der Waals surface area contributed by atoms with E-state index in [-0.39, 0.29) is 5.91 Å². The molecule has 1 heterocycles. The maximum Gasteiger partial charge on any atom is 0.218 e. The van der Waals surface area contributed by atoms with Crippen molar-refractivity contribution in [1.29, 1.82) is 0 Å². The third kappa shape index (κ3) is 1.11. The monoisotopic (exact) mass is 164 g/mol. The largest absolute Gasteiger partial charge is 0.370 e. The van der Waals surface area contributed by atoms with Gasteiger partial charge in [-0.1, -0.05) is 0 Å². The van der Waals surface area contributed by atoms with Crippen LogP contribution in [0.4, 0.5) is 0 Å². The Bertz CT molecular complexity index is 303. The molecule has 3 nitrogen and oxygen atoms in total. The molecular formula is C9H12N2O. The van der Waals surface area contributed by atoms with Crippen molar-refractivity contribution in [2.75, 3.05) is 0 Å². The molecule has 64 valence electrons. The van der Waals surface area contributed by atoms with Crippen LogP contribution in [0.2, 0.25) is 0 Å². The van der Waals surface area contributed by atoms with Crippen LogP contribution in [0.3, 0.4) is 0 Å². The van der Waals surface area contributed by atoms with Gasteiger partial charge in [0.05, 0.1) is 0 Å². The predicted octanol–water partition coefficient (Wildman–Crippen LogP) is 0.920. The summed E-state index contributed by atoms with van der Waals surface area (Å²) in [6, 6.07) is 0. The molecule has 3 heteroatoms. The Labute approximate surface area is 71.0 Å². The third-order valence-electron chi connectivity index (χ3n) is 2.52. The maximum absolute atomic E-state index is 10.7. The first-order valence-electron chi connectivity index (χ1n) is 4.21. The quantitative estimate of drug-likeness (QED) is 0.671. The number of nitrogens with two attached hydrogens (primary N) is 1. The molecule has 0 saturated heterocycles. The first-order valence-corrected chi connectivity index (χ1v) is 4.21. The molecule has 0 spiro atoms. The van der Waals surface area contributed by atoms with Crippen LogP contribution < -0.4 is 5.73 Å². The molecule has 0 radical (unpaired) electrons. The molecule has 0 aromatic carbocycles. The summed E-state index contributed by atoms with van der Waals surface area (Å²) in [5.74, 6) is 0.165. The number of hydrogen-bond donors (Lipinski definition) is 2. The smallest absolute Gasteiger partial charge is 0.218 e. The molecule has 0 saturated carbocycles. The van der Waals surface area contributed by atoms with Crippen LogP contribution in [0, 0.1) is 0 Å². The molecule has 1 amide bonds. The zero-order valence-electron chi connectivity index (χ0n) is 6.84. The summed E-state index contributed by atoms with van der Waals surface area (Å²) in [6.45, 7) is 0. The molecule has 3 N–H and O–H groups in total. The molecule has 2 rings (SSSR count). The van der Waals surface area contributed by atoms with Crippen LogP contribution in [0.25, 0.3) is 0 Å². The zero-order chi connectivity index (χ0) is 8.55. The van der Waals surface area contributed by atoms with Gasteiger partial charge in [0.15, 0.2) is 0 Å². The second-order valence-corrected chi connectivity index (χ2v) is 3.34. The summed E-state index contributed by atoms with van der Waals surface area (Å²) in [4.78, 5) is 13.8. The van der Waals surface area contributed by atoms with Gasteiger partial charge < -0.3 is 10.7 Å². The molecule has 1 aromatic rings. The zero-order valence-corrected chi connectivity index (χ0v) is 6.84. The fraction of sp³-hybridized carbons (Fsp3) is 0.444. The van der Waals surface area contributed by atoms with Crippen LogP contribution >= 0.6 is 0 Å². The van der Waals surface area contributed by atoms with E-state index in [1.165, 1.54) is 11.1 Å². The molecule has 0 fully saturated rings. The van der Waals surface area contributed by atoms with E-state index in [1.807, 2.05) is 12.4 Å². The summed E-state index contributed by atoms with van der Waals surface area (Å²) in [5, 5.41) is 0. The summed E-state index contributed by atoms with van der Waals surface area (Å²) >= 11 is 0. The van der Waals surface area contributed by atoms with Crippen molar-refractivity contribution >= 4 is 5.91 Å². The number of aromatic amines is 1. The van der Waals surface area contributed by atoms with Gasteiger partial charge in [-0.3, -0.25) is 4.79 Å². The lowest BCUT2D eigenvalue weighted by atomic mass is 10.0. The third-order valence-corrected chi connectivity index (χ3v) is 2.52. The van der Waals surface area contributed by atoms with E-state index in [9.17, 15) is 4.79 Å². The van der Waals surface area contributed by atoms with Crippen LogP contribution in [0.5, 0.6) is 0 Å². The SMILES string of the molecule is NC(=O)CC1CCc2c[nH]cc21. The fourth-order valence-electron chi connectivity index (χ4n) is 1.94. The van der Waals surface area contributed by atoms with Crippen LogP contribution in [-0.4, -0.2) is 10.9 Å². The normalized spacial score (nSPS) is 20.8. The van der Waals surface area contributed by atoms with Crippen LogP contribution in [0.1, 0.15) is 29.9 Å². The number of nitrogens with one attached hydrogen (secondary N) is 1. The Kier molecular flexibility index (Phi) is 1.64. The van der Waals surface area contributed by atoms with E-state index < -0.39 is 0 Å². The second-order valence-electron chi connectivity index (χ2n) is 3.34. The van der Waals surface area contributed by atoms with Gasteiger partial charge >= 0.3 is 0 Å². The van der Waals surface area contributed by atoms with E-state index in [1.54, 1.807) is 0 Å². The van der Waals surface area contributed by atoms with Crippen molar-refractivity contribution in [2.45, 2.75) is 25.2 Å². The molecule has 1 unspecified atom stereocenters. The van der Waals surface area contributed by atoms with E-state index in [0.29, 0.717) is 12.3 Å². The summed E-state index contributed by atoms with van der Waals surface area (Å²) in [6.07, 6.45) is 6.64. The lowest BCUT2D eigenvalue weighted by molar-refractivity contribution is -0.118. The number of H-pyrrole nitrogens is 1. The minimum Gasteiger partial charge on any atom is -0.370 e. The summed E-state index contributed by atoms with van der Waals surface area (Å²) < 4.78 is 0. The predicted molar refractivity (Wildman–Crippen MR) is 45.7 cm³/mol. The topological polar surface area (TPSA) is 58.9 Å². The lowest BCUT2D eigenvalue weighted by Crippen LogP contribution is -2.13. The highest BCUT2D eigenvalue weighted by molar-refractivity contribution is 5.75. The molecule has 12 heavy (non-hydrogen) atoms. The van der Waals surface area contributed by atoms with Gasteiger partial charge in [-0.25, -0.2) is 0 Å². The van der Waals surface area contributed by atoms with Gasteiger partial charge in [0.25, 0.3) is 0 Å². The van der Waals surface area contributed by atoms with E-state index in [0.717, 1.165) is 12.8 Å². The fourth-order valence-corrected chi connectivity index (χ4v) is 1.94. The molecule has 1 atom stereocenters. The van der Waals surface area contributed by atoms with Crippen LogP contribution in [0.15, 0.2) is 12.4 Å². The van der Waals surface area contributed by atoms with Crippen molar-refractivity contribution in [3.05, 3.63) is 23.5 Å². The maximum atomic E-state index is 10.7. The number of amides is 1. The Balaban J connectivity index is 2.17. The number of fused-ring (bicyclic) bond motifs is 1. The number of carbonyl (C=O) groups excluding carboxylic acids is 1. The molecule has 1 aromatic heterocycles. The average molecular weight is 164 g/mol. The van der Waals surface area contributed by atoms with Gasteiger partial charge in [-0.2, -0.15) is 0 Å². The molecule has 1 aliphatic carbocycles. The highest BCUT2D eigenvalue weighted by Crippen LogP contribution is 2.34. The standard InChI is InChI=1S/C9H12N2O/c10-9(12)3-6-1-2-7-4-11-5-8(6)7/h4-6,11H,1-3H2,(H2,10,12). The minimum atomic E-state index is -0.200. The lowest BCUT2D eigenvalue weighted by Gasteiger charge is -2.05. The Morgan fingerprint density at radius 1 is 1.67 bits per heavy atom. The molecule has 0 aliphatic heterocycles. The van der Waals surface area contributed by atoms with E-state index in [2.05, 4.69) is 4.98 Å². The Morgan fingerprint density at radius 2 is 2.50 bits per heavy atom. The number of aryl methyl sites for hydroxylation is 1. The Morgan fingerprint density at radius 3 is 3.25 bits per heavy atom. The highest BCUT2D eigenvalue weighted by atomic mass is 16.1.